The van der Waals surface area contributed by atoms with Crippen LogP contribution in [0.15, 0.2) is 18.2 Å². The van der Waals surface area contributed by atoms with Gasteiger partial charge in [0.25, 0.3) is 0 Å². The average Bonchev–Trinajstić information content (AvgIpc) is 2.26. The van der Waals surface area contributed by atoms with Crippen molar-refractivity contribution in [2.45, 2.75) is 19.0 Å². The van der Waals surface area contributed by atoms with Crippen molar-refractivity contribution in [1.82, 2.24) is 0 Å². The molecule has 0 aliphatic rings. The second-order valence-electron chi connectivity index (χ2n) is 3.43. The average molecular weight is 247 g/mol. The first-order valence-electron chi connectivity index (χ1n) is 5.10. The summed E-state index contributed by atoms with van der Waals surface area (Å²) in [6.07, 6.45) is -3.79. The van der Waals surface area contributed by atoms with Gasteiger partial charge in [-0.1, -0.05) is 13.0 Å². The van der Waals surface area contributed by atoms with Crippen molar-refractivity contribution in [1.29, 1.82) is 0 Å². The number of benzene rings is 1. The number of hydrogen-bond donors (Lipinski definition) is 0. The Morgan fingerprint density at radius 2 is 2.00 bits per heavy atom. The van der Waals surface area contributed by atoms with Crippen LogP contribution in [-0.2, 0) is 17.3 Å². The fourth-order valence-electron chi connectivity index (χ4n) is 1.52. The van der Waals surface area contributed by atoms with E-state index in [4.69, 9.17) is 4.74 Å². The van der Waals surface area contributed by atoms with Gasteiger partial charge in [0.15, 0.2) is 6.79 Å². The zero-order chi connectivity index (χ0) is 12.9. The molecule has 0 fully saturated rings. The molecule has 1 aromatic carbocycles. The van der Waals surface area contributed by atoms with Crippen molar-refractivity contribution in [3.8, 4) is 5.75 Å². The highest BCUT2D eigenvalue weighted by molar-refractivity contribution is 5.42. The van der Waals surface area contributed by atoms with Gasteiger partial charge in [-0.25, -0.2) is 0 Å². The lowest BCUT2D eigenvalue weighted by atomic mass is 10.0. The normalized spacial score (nSPS) is 11.6. The molecule has 0 N–H and O–H groups in total. The van der Waals surface area contributed by atoms with E-state index < -0.39 is 11.7 Å². The highest BCUT2D eigenvalue weighted by atomic mass is 19.4. The van der Waals surface area contributed by atoms with Gasteiger partial charge in [0.2, 0.25) is 0 Å². The number of methoxy groups -OCH3 is 1. The van der Waals surface area contributed by atoms with Gasteiger partial charge in [-0.05, 0) is 25.0 Å². The Bertz CT molecular complexity index is 361. The molecule has 0 aliphatic carbocycles. The maximum absolute atomic E-state index is 12.8. The van der Waals surface area contributed by atoms with E-state index in [0.717, 1.165) is 6.07 Å². The Kier molecular flexibility index (Phi) is 4.81. The van der Waals surface area contributed by atoms with E-state index in [0.29, 0.717) is 6.42 Å². The second kappa shape index (κ2) is 5.91. The third-order valence-corrected chi connectivity index (χ3v) is 2.20. The Hall–Kier alpha value is -1.23. The summed E-state index contributed by atoms with van der Waals surface area (Å²) >= 11 is 0. The first-order chi connectivity index (χ1) is 8.00. The van der Waals surface area contributed by atoms with Gasteiger partial charge in [0, 0.05) is 12.7 Å². The van der Waals surface area contributed by atoms with Gasteiger partial charge in [-0.3, -0.25) is 0 Å². The van der Waals surface area contributed by atoms with Crippen molar-refractivity contribution < 1.29 is 22.6 Å². The number of rotatable bonds is 5. The smallest absolute Gasteiger partial charge is 0.416 e. The van der Waals surface area contributed by atoms with E-state index in [-0.39, 0.29) is 24.5 Å². The first kappa shape index (κ1) is 13.8. The van der Waals surface area contributed by atoms with E-state index in [9.17, 15) is 13.2 Å². The molecule has 0 aromatic heterocycles. The number of hydrogen-bond acceptors (Lipinski definition) is 2. The minimum Gasteiger partial charge on any atom is -0.467 e. The fraction of sp³-hybridized carbons (Fsp3) is 0.417. The molecule has 0 aliphatic heterocycles. The molecular weight excluding hydrogens is 233 g/mol. The number of ether oxygens (including phenoxy) is 2. The molecule has 0 amide bonds. The molecule has 1 rings (SSSR count). The molecule has 0 atom stereocenters. The summed E-state index contributed by atoms with van der Waals surface area (Å²) in [5.74, 6) is 0.199. The van der Waals surface area contributed by atoms with Gasteiger partial charge >= 0.3 is 6.18 Å². The van der Waals surface area contributed by atoms with Crippen LogP contribution < -0.4 is 4.74 Å². The van der Waals surface area contributed by atoms with E-state index in [1.54, 1.807) is 0 Å². The highest BCUT2D eigenvalue weighted by Gasteiger charge is 2.34. The quantitative estimate of drug-likeness (QED) is 0.742. The third-order valence-electron chi connectivity index (χ3n) is 2.20. The summed E-state index contributed by atoms with van der Waals surface area (Å²) in [5.41, 5.74) is -0.540. The van der Waals surface area contributed by atoms with Crippen LogP contribution in [-0.4, -0.2) is 13.9 Å². The van der Waals surface area contributed by atoms with Crippen LogP contribution in [0.1, 0.15) is 17.5 Å². The zero-order valence-electron chi connectivity index (χ0n) is 9.51. The standard InChI is InChI=1S/C12H14F3O2/c1-3-5-9-10(12(13,14)15)6-4-7-11(9)17-8-16-2/h4,6-7H,1,3,5,8H2,2H3. The van der Waals surface area contributed by atoms with Crippen LogP contribution in [0.2, 0.25) is 0 Å². The summed E-state index contributed by atoms with van der Waals surface area (Å²) in [6.45, 7) is 3.49. The lowest BCUT2D eigenvalue weighted by Gasteiger charge is -2.16. The van der Waals surface area contributed by atoms with Gasteiger partial charge in [0.05, 0.1) is 5.56 Å². The van der Waals surface area contributed by atoms with Crippen LogP contribution in [0.4, 0.5) is 13.2 Å². The molecule has 5 heteroatoms. The molecule has 1 radical (unpaired) electrons. The van der Waals surface area contributed by atoms with Gasteiger partial charge in [0.1, 0.15) is 5.75 Å². The summed E-state index contributed by atoms with van der Waals surface area (Å²) in [4.78, 5) is 0. The predicted molar refractivity (Wildman–Crippen MR) is 57.6 cm³/mol. The highest BCUT2D eigenvalue weighted by Crippen LogP contribution is 2.36. The summed E-state index contributed by atoms with van der Waals surface area (Å²) in [6, 6.07) is 3.87. The molecule has 0 saturated carbocycles. The lowest BCUT2D eigenvalue weighted by molar-refractivity contribution is -0.138. The second-order valence-corrected chi connectivity index (χ2v) is 3.43. The Labute approximate surface area is 98.3 Å². The van der Waals surface area contributed by atoms with Gasteiger partial charge < -0.3 is 9.47 Å². The molecular formula is C12H14F3O2. The van der Waals surface area contributed by atoms with Crippen molar-refractivity contribution >= 4 is 0 Å². The molecule has 0 spiro atoms. The van der Waals surface area contributed by atoms with Crippen LogP contribution in [0, 0.1) is 6.92 Å². The van der Waals surface area contributed by atoms with Crippen LogP contribution in [0.25, 0.3) is 0 Å². The van der Waals surface area contributed by atoms with E-state index in [1.807, 2.05) is 0 Å². The van der Waals surface area contributed by atoms with Gasteiger partial charge in [-0.15, -0.1) is 0 Å². The monoisotopic (exact) mass is 247 g/mol. The molecule has 0 saturated heterocycles. The SMILES string of the molecule is [CH2]CCc1c(OCOC)cccc1C(F)(F)F. The summed E-state index contributed by atoms with van der Waals surface area (Å²) < 4.78 is 48.1. The maximum Gasteiger partial charge on any atom is 0.416 e. The first-order valence-corrected chi connectivity index (χ1v) is 5.10. The fourth-order valence-corrected chi connectivity index (χ4v) is 1.52. The van der Waals surface area contributed by atoms with Crippen molar-refractivity contribution in [3.05, 3.63) is 36.2 Å². The number of halogens is 3. The maximum atomic E-state index is 12.8. The number of alkyl halides is 3. The van der Waals surface area contributed by atoms with E-state index in [1.165, 1.54) is 19.2 Å². The Morgan fingerprint density at radius 1 is 1.29 bits per heavy atom. The minimum absolute atomic E-state index is 0.0779. The molecule has 0 unspecified atom stereocenters. The Balaban J connectivity index is 3.12. The van der Waals surface area contributed by atoms with Crippen LogP contribution in [0.3, 0.4) is 0 Å². The predicted octanol–water partition coefficient (Wildman–Crippen LogP) is 3.45. The van der Waals surface area contributed by atoms with E-state index >= 15 is 0 Å². The summed E-state index contributed by atoms with van der Waals surface area (Å²) in [5, 5.41) is 0. The van der Waals surface area contributed by atoms with Crippen LogP contribution in [0.5, 0.6) is 5.75 Å². The molecule has 2 nitrogen and oxygen atoms in total. The van der Waals surface area contributed by atoms with Crippen LogP contribution >= 0.6 is 0 Å². The molecule has 17 heavy (non-hydrogen) atoms. The lowest BCUT2D eigenvalue weighted by Crippen LogP contribution is -2.11. The van der Waals surface area contributed by atoms with Crippen molar-refractivity contribution in [2.75, 3.05) is 13.9 Å². The molecule has 95 valence electrons. The van der Waals surface area contributed by atoms with Gasteiger partial charge in [-0.2, -0.15) is 13.2 Å². The Morgan fingerprint density at radius 3 is 2.53 bits per heavy atom. The molecule has 0 bridgehead atoms. The minimum atomic E-state index is -4.38. The zero-order valence-corrected chi connectivity index (χ0v) is 9.51. The van der Waals surface area contributed by atoms with Crippen molar-refractivity contribution in [3.63, 3.8) is 0 Å². The topological polar surface area (TPSA) is 18.5 Å². The summed E-state index contributed by atoms with van der Waals surface area (Å²) in [7, 11) is 1.41. The molecule has 1 aromatic rings. The largest absolute Gasteiger partial charge is 0.467 e. The van der Waals surface area contributed by atoms with E-state index in [2.05, 4.69) is 11.7 Å². The molecule has 0 heterocycles. The third kappa shape index (κ3) is 3.63. The van der Waals surface area contributed by atoms with Crippen molar-refractivity contribution in [2.24, 2.45) is 0 Å².